The molecule has 5 heteroatoms. The summed E-state index contributed by atoms with van der Waals surface area (Å²) in [5.41, 5.74) is 0.876. The third-order valence-electron chi connectivity index (χ3n) is 2.80. The minimum Gasteiger partial charge on any atom is -0.475 e. The van der Waals surface area contributed by atoms with E-state index in [2.05, 4.69) is 4.99 Å². The minimum atomic E-state index is -0.323. The maximum absolute atomic E-state index is 6.26. The topological polar surface area (TPSA) is 40.0 Å². The fourth-order valence-corrected chi connectivity index (χ4v) is 2.29. The fourth-order valence-electron chi connectivity index (χ4n) is 2.05. The Bertz CT molecular complexity index is 463. The lowest BCUT2D eigenvalue weighted by Crippen LogP contribution is -2.25. The number of halogens is 1. The lowest BCUT2D eigenvalue weighted by atomic mass is 10.1. The monoisotopic (exact) mass is 313 g/mol. The summed E-state index contributed by atoms with van der Waals surface area (Å²) in [4.78, 5) is 4.37. The molecule has 0 amide bonds. The van der Waals surface area contributed by atoms with Crippen LogP contribution in [0.1, 0.15) is 39.4 Å². The van der Waals surface area contributed by atoms with Crippen molar-refractivity contribution in [1.82, 2.24) is 0 Å². The van der Waals surface area contributed by atoms with E-state index in [-0.39, 0.29) is 25.0 Å². The number of methoxy groups -OCH3 is 1. The smallest absolute Gasteiger partial charge is 0.180 e. The second-order valence-corrected chi connectivity index (χ2v) is 5.49. The van der Waals surface area contributed by atoms with Crippen molar-refractivity contribution < 1.29 is 14.2 Å². The maximum atomic E-state index is 6.26. The van der Waals surface area contributed by atoms with E-state index in [1.54, 1.807) is 7.11 Å². The molecule has 0 heterocycles. The van der Waals surface area contributed by atoms with Crippen molar-refractivity contribution in [1.29, 1.82) is 0 Å². The van der Waals surface area contributed by atoms with Crippen LogP contribution in [0, 0.1) is 0 Å². The van der Waals surface area contributed by atoms with Crippen LogP contribution >= 0.6 is 11.6 Å². The molecule has 1 aromatic carbocycles. The maximum Gasteiger partial charge on any atom is 0.180 e. The summed E-state index contributed by atoms with van der Waals surface area (Å²) in [6.45, 7) is 7.96. The predicted molar refractivity (Wildman–Crippen MR) is 85.9 cm³/mol. The Labute approximate surface area is 132 Å². The van der Waals surface area contributed by atoms with Crippen molar-refractivity contribution in [2.75, 3.05) is 13.9 Å². The zero-order chi connectivity index (χ0) is 15.8. The molecule has 0 aliphatic carbocycles. The van der Waals surface area contributed by atoms with Gasteiger partial charge in [-0.2, -0.15) is 0 Å². The summed E-state index contributed by atoms with van der Waals surface area (Å²) < 4.78 is 16.6. The van der Waals surface area contributed by atoms with E-state index in [0.717, 1.165) is 5.56 Å². The van der Waals surface area contributed by atoms with Gasteiger partial charge in [0.1, 0.15) is 19.0 Å². The summed E-state index contributed by atoms with van der Waals surface area (Å²) in [5.74, 6) is 0.635. The molecule has 0 saturated heterocycles. The average Bonchev–Trinajstić information content (AvgIpc) is 2.40. The zero-order valence-electron chi connectivity index (χ0n) is 13.3. The molecule has 0 N–H and O–H groups in total. The molecule has 2 atom stereocenters. The normalized spacial score (nSPS) is 15.1. The number of rotatable bonds is 7. The molecule has 4 nitrogen and oxygen atoms in total. The first-order chi connectivity index (χ1) is 9.95. The Morgan fingerprint density at radius 3 is 2.48 bits per heavy atom. The highest BCUT2D eigenvalue weighted by Gasteiger charge is 2.24. The van der Waals surface area contributed by atoms with Crippen LogP contribution in [0.3, 0.4) is 0 Å². The highest BCUT2D eigenvalue weighted by atomic mass is 35.5. The number of hydrogen-bond acceptors (Lipinski definition) is 4. The quantitative estimate of drug-likeness (QED) is 0.429. The van der Waals surface area contributed by atoms with Crippen LogP contribution in [0.25, 0.3) is 0 Å². The highest BCUT2D eigenvalue weighted by Crippen LogP contribution is 2.29. The first kappa shape index (κ1) is 18.0. The van der Waals surface area contributed by atoms with Gasteiger partial charge in [0.05, 0.1) is 0 Å². The number of nitrogens with zero attached hydrogens (tertiary/aromatic N) is 1. The van der Waals surface area contributed by atoms with E-state index in [9.17, 15) is 0 Å². The molecular weight excluding hydrogens is 290 g/mol. The molecule has 0 spiro atoms. The number of ether oxygens (including phenoxy) is 3. The zero-order valence-corrected chi connectivity index (χ0v) is 14.1. The van der Waals surface area contributed by atoms with Gasteiger partial charge in [-0.15, -0.1) is 0 Å². The summed E-state index contributed by atoms with van der Waals surface area (Å²) >= 11 is 6.26. The van der Waals surface area contributed by atoms with Gasteiger partial charge in [-0.25, -0.2) is 0 Å². The summed E-state index contributed by atoms with van der Waals surface area (Å²) in [7, 11) is 1.58. The molecule has 118 valence electrons. The van der Waals surface area contributed by atoms with Crippen LogP contribution in [0.4, 0.5) is 0 Å². The van der Waals surface area contributed by atoms with Crippen LogP contribution in [0.15, 0.2) is 29.3 Å². The lowest BCUT2D eigenvalue weighted by molar-refractivity contribution is -0.107. The van der Waals surface area contributed by atoms with E-state index in [4.69, 9.17) is 25.8 Å². The Morgan fingerprint density at radius 1 is 1.24 bits per heavy atom. The lowest BCUT2D eigenvalue weighted by Gasteiger charge is -2.26. The van der Waals surface area contributed by atoms with Gasteiger partial charge in [-0.05, 0) is 26.8 Å². The Hall–Kier alpha value is -1.10. The molecule has 0 fully saturated rings. The Kier molecular flexibility index (Phi) is 7.72. The van der Waals surface area contributed by atoms with E-state index in [1.807, 2.05) is 52.0 Å². The molecule has 0 aliphatic heterocycles. The molecule has 1 rings (SSSR count). The summed E-state index contributed by atoms with van der Waals surface area (Å²) in [6, 6.07) is 7.76. The Morgan fingerprint density at radius 2 is 1.90 bits per heavy atom. The highest BCUT2D eigenvalue weighted by molar-refractivity contribution is 6.31. The molecular formula is C16H24ClNO3. The van der Waals surface area contributed by atoms with Crippen molar-refractivity contribution in [3.05, 3.63) is 34.9 Å². The SMILES string of the molecule is COCOC(c1ccccc1Cl)C(C)OC(C)=NC(C)C. The molecule has 0 aliphatic rings. The van der Waals surface area contributed by atoms with E-state index < -0.39 is 0 Å². The molecule has 0 bridgehead atoms. The molecule has 0 saturated carbocycles. The molecule has 2 unspecified atom stereocenters. The van der Waals surface area contributed by atoms with Gasteiger partial charge in [-0.3, -0.25) is 4.99 Å². The van der Waals surface area contributed by atoms with E-state index in [1.165, 1.54) is 0 Å². The average molecular weight is 314 g/mol. The third-order valence-corrected chi connectivity index (χ3v) is 3.14. The standard InChI is InChI=1S/C16H24ClNO3/c1-11(2)18-13(4)21-12(3)16(20-10-19-5)14-8-6-7-9-15(14)17/h6-9,11-12,16H,10H2,1-5H3. The molecule has 0 radical (unpaired) electrons. The molecule has 21 heavy (non-hydrogen) atoms. The predicted octanol–water partition coefficient (Wildman–Crippen LogP) is 4.23. The first-order valence-electron chi connectivity index (χ1n) is 7.01. The second-order valence-electron chi connectivity index (χ2n) is 5.08. The van der Waals surface area contributed by atoms with Crippen LogP contribution in [-0.2, 0) is 14.2 Å². The second kappa shape index (κ2) is 9.03. The van der Waals surface area contributed by atoms with Gasteiger partial charge in [0.2, 0.25) is 0 Å². The Balaban J connectivity index is 2.89. The van der Waals surface area contributed by atoms with Gasteiger partial charge in [-0.1, -0.05) is 29.8 Å². The third kappa shape index (κ3) is 6.04. The first-order valence-corrected chi connectivity index (χ1v) is 7.39. The van der Waals surface area contributed by atoms with Crippen molar-refractivity contribution >= 4 is 17.5 Å². The minimum absolute atomic E-state index is 0.171. The van der Waals surface area contributed by atoms with Gasteiger partial charge < -0.3 is 14.2 Å². The van der Waals surface area contributed by atoms with E-state index >= 15 is 0 Å². The van der Waals surface area contributed by atoms with E-state index in [0.29, 0.717) is 10.9 Å². The van der Waals surface area contributed by atoms with Crippen molar-refractivity contribution in [2.24, 2.45) is 4.99 Å². The molecule has 1 aromatic rings. The number of aliphatic imine (C=N–C) groups is 1. The fraction of sp³-hybridized carbons (Fsp3) is 0.562. The largest absolute Gasteiger partial charge is 0.475 e. The van der Waals surface area contributed by atoms with Crippen LogP contribution in [-0.4, -0.2) is 31.9 Å². The number of hydrogen-bond donors (Lipinski definition) is 0. The number of benzene rings is 1. The van der Waals surface area contributed by atoms with Crippen molar-refractivity contribution in [3.8, 4) is 0 Å². The van der Waals surface area contributed by atoms with Gasteiger partial charge in [0, 0.05) is 30.7 Å². The summed E-state index contributed by atoms with van der Waals surface area (Å²) in [5, 5.41) is 0.646. The van der Waals surface area contributed by atoms with Gasteiger partial charge >= 0.3 is 0 Å². The summed E-state index contributed by atoms with van der Waals surface area (Å²) in [6.07, 6.45) is -0.557. The van der Waals surface area contributed by atoms with Crippen LogP contribution < -0.4 is 0 Å². The van der Waals surface area contributed by atoms with Crippen molar-refractivity contribution in [3.63, 3.8) is 0 Å². The molecule has 0 aromatic heterocycles. The van der Waals surface area contributed by atoms with Crippen LogP contribution in [0.5, 0.6) is 0 Å². The van der Waals surface area contributed by atoms with Crippen LogP contribution in [0.2, 0.25) is 5.02 Å². The van der Waals surface area contributed by atoms with Gasteiger partial charge in [0.15, 0.2) is 5.90 Å². The van der Waals surface area contributed by atoms with Crippen molar-refractivity contribution in [2.45, 2.75) is 45.9 Å². The van der Waals surface area contributed by atoms with Gasteiger partial charge in [0.25, 0.3) is 0 Å².